The Morgan fingerprint density at radius 2 is 1.45 bits per heavy atom. The topological polar surface area (TPSA) is 110 Å². The number of nitrogens with one attached hydrogen (secondary N) is 1. The van der Waals surface area contributed by atoms with E-state index < -0.39 is 28.7 Å². The maximum Gasteiger partial charge on any atom is 0.269 e. The highest BCUT2D eigenvalue weighted by molar-refractivity contribution is 6.22. The second kappa shape index (κ2) is 9.04. The van der Waals surface area contributed by atoms with Crippen LogP contribution in [0.5, 0.6) is 0 Å². The number of fused-ring (bicyclic) bond motifs is 1. The number of carbonyl (C=O) groups excluding carboxylic acids is 3. The van der Waals surface area contributed by atoms with Crippen LogP contribution >= 0.6 is 0 Å². The minimum atomic E-state index is -1.12. The molecule has 3 amide bonds. The van der Waals surface area contributed by atoms with Crippen molar-refractivity contribution in [2.45, 2.75) is 25.4 Å². The van der Waals surface area contributed by atoms with Gasteiger partial charge in [0.05, 0.1) is 22.1 Å². The van der Waals surface area contributed by atoms with Gasteiger partial charge in [-0.1, -0.05) is 54.6 Å². The zero-order chi connectivity index (χ0) is 23.5. The molecule has 0 fully saturated rings. The van der Waals surface area contributed by atoms with Crippen molar-refractivity contribution in [2.75, 3.05) is 0 Å². The van der Waals surface area contributed by atoms with Crippen LogP contribution in [-0.4, -0.2) is 33.6 Å². The van der Waals surface area contributed by atoms with Crippen molar-refractivity contribution in [1.82, 2.24) is 10.2 Å². The number of hydrogen-bond donors (Lipinski definition) is 1. The predicted molar refractivity (Wildman–Crippen MR) is 121 cm³/mol. The second-order valence-electron chi connectivity index (χ2n) is 7.81. The number of carbonyl (C=O) groups is 3. The van der Waals surface area contributed by atoms with Gasteiger partial charge >= 0.3 is 0 Å². The summed E-state index contributed by atoms with van der Waals surface area (Å²) in [7, 11) is 0. The van der Waals surface area contributed by atoms with E-state index in [0.717, 1.165) is 10.5 Å². The molecule has 1 heterocycles. The quantitative estimate of drug-likeness (QED) is 0.340. The standard InChI is InChI=1S/C25H21N3O5/c1-16(18-7-3-2-4-8-18)26-23(29)22(15-17-11-13-19(14-12-17)28(32)33)27-24(30)20-9-5-6-10-21(20)25(27)31/h2-14,16,22H,15H2,1H3,(H,26,29)/t16-,22-/m0/s1. The molecule has 8 nitrogen and oxygen atoms in total. The first kappa shape index (κ1) is 21.9. The molecule has 1 aliphatic heterocycles. The number of hydrogen-bond acceptors (Lipinski definition) is 5. The molecular weight excluding hydrogens is 422 g/mol. The van der Waals surface area contributed by atoms with E-state index in [4.69, 9.17) is 0 Å². The molecule has 0 bridgehead atoms. The summed E-state index contributed by atoms with van der Waals surface area (Å²) in [6.07, 6.45) is 0.0246. The van der Waals surface area contributed by atoms with Crippen LogP contribution in [0.3, 0.4) is 0 Å². The van der Waals surface area contributed by atoms with Gasteiger partial charge in [-0.25, -0.2) is 0 Å². The molecule has 4 rings (SSSR count). The second-order valence-corrected chi connectivity index (χ2v) is 7.81. The van der Waals surface area contributed by atoms with Gasteiger partial charge in [0.1, 0.15) is 6.04 Å². The minimum Gasteiger partial charge on any atom is -0.348 e. The van der Waals surface area contributed by atoms with E-state index in [-0.39, 0.29) is 29.3 Å². The van der Waals surface area contributed by atoms with Crippen LogP contribution < -0.4 is 5.32 Å². The molecule has 0 aliphatic carbocycles. The van der Waals surface area contributed by atoms with Crippen LogP contribution in [0.4, 0.5) is 5.69 Å². The maximum absolute atomic E-state index is 13.4. The van der Waals surface area contributed by atoms with Gasteiger partial charge in [0.25, 0.3) is 17.5 Å². The number of amides is 3. The largest absolute Gasteiger partial charge is 0.348 e. The highest BCUT2D eigenvalue weighted by Crippen LogP contribution is 2.27. The van der Waals surface area contributed by atoms with Crippen LogP contribution in [0.1, 0.15) is 44.8 Å². The molecule has 0 spiro atoms. The number of rotatable bonds is 7. The predicted octanol–water partition coefficient (Wildman–Crippen LogP) is 3.68. The lowest BCUT2D eigenvalue weighted by Crippen LogP contribution is -2.51. The number of nitrogens with zero attached hydrogens (tertiary/aromatic N) is 2. The van der Waals surface area contributed by atoms with Gasteiger partial charge < -0.3 is 5.32 Å². The van der Waals surface area contributed by atoms with E-state index in [1.807, 2.05) is 37.3 Å². The van der Waals surface area contributed by atoms with E-state index >= 15 is 0 Å². The fraction of sp³-hybridized carbons (Fsp3) is 0.160. The Balaban J connectivity index is 1.65. The Hall–Kier alpha value is -4.33. The Kier molecular flexibility index (Phi) is 5.99. The first-order valence-corrected chi connectivity index (χ1v) is 10.4. The van der Waals surface area contributed by atoms with Crippen molar-refractivity contribution < 1.29 is 19.3 Å². The molecule has 1 N–H and O–H groups in total. The van der Waals surface area contributed by atoms with E-state index in [1.165, 1.54) is 24.3 Å². The summed E-state index contributed by atoms with van der Waals surface area (Å²) in [5.74, 6) is -1.56. The molecule has 0 saturated carbocycles. The summed E-state index contributed by atoms with van der Waals surface area (Å²) >= 11 is 0. The molecule has 33 heavy (non-hydrogen) atoms. The van der Waals surface area contributed by atoms with E-state index in [0.29, 0.717) is 5.56 Å². The van der Waals surface area contributed by atoms with Gasteiger partial charge in [-0.2, -0.15) is 0 Å². The Morgan fingerprint density at radius 3 is 2.00 bits per heavy atom. The molecule has 0 aromatic heterocycles. The van der Waals surface area contributed by atoms with Crippen LogP contribution in [0, 0.1) is 10.1 Å². The number of non-ortho nitro benzene ring substituents is 1. The number of benzene rings is 3. The van der Waals surface area contributed by atoms with Crippen molar-refractivity contribution in [3.8, 4) is 0 Å². The summed E-state index contributed by atoms with van der Waals surface area (Å²) in [5, 5.41) is 13.9. The van der Waals surface area contributed by atoms with Crippen LogP contribution in [0.25, 0.3) is 0 Å². The Labute approximate surface area is 190 Å². The van der Waals surface area contributed by atoms with Crippen molar-refractivity contribution in [3.63, 3.8) is 0 Å². The smallest absolute Gasteiger partial charge is 0.269 e. The average molecular weight is 443 g/mol. The fourth-order valence-corrected chi connectivity index (χ4v) is 3.90. The monoisotopic (exact) mass is 443 g/mol. The third-order valence-electron chi connectivity index (χ3n) is 5.67. The van der Waals surface area contributed by atoms with Crippen LogP contribution in [-0.2, 0) is 11.2 Å². The molecule has 0 saturated heterocycles. The first-order valence-electron chi connectivity index (χ1n) is 10.4. The molecule has 0 unspecified atom stereocenters. The van der Waals surface area contributed by atoms with Gasteiger partial charge in [0, 0.05) is 18.6 Å². The average Bonchev–Trinajstić information content (AvgIpc) is 3.08. The first-order chi connectivity index (χ1) is 15.9. The molecule has 1 aliphatic rings. The molecule has 3 aromatic carbocycles. The third kappa shape index (κ3) is 4.36. The van der Waals surface area contributed by atoms with Crippen molar-refractivity contribution in [2.24, 2.45) is 0 Å². The number of imide groups is 1. The SMILES string of the molecule is C[C@H](NC(=O)[C@H](Cc1ccc([N+](=O)[O-])cc1)N1C(=O)c2ccccc2C1=O)c1ccccc1. The molecule has 3 aromatic rings. The zero-order valence-corrected chi connectivity index (χ0v) is 17.8. The lowest BCUT2D eigenvalue weighted by atomic mass is 10.0. The summed E-state index contributed by atoms with van der Waals surface area (Å²) in [6, 6.07) is 20.0. The van der Waals surface area contributed by atoms with Gasteiger partial charge in [-0.05, 0) is 30.2 Å². The summed E-state index contributed by atoms with van der Waals surface area (Å²) in [6.45, 7) is 1.82. The molecule has 0 radical (unpaired) electrons. The van der Waals surface area contributed by atoms with Crippen molar-refractivity contribution in [3.05, 3.63) is 111 Å². The Bertz CT molecular complexity index is 1190. The van der Waals surface area contributed by atoms with E-state index in [1.54, 1.807) is 24.3 Å². The maximum atomic E-state index is 13.4. The van der Waals surface area contributed by atoms with Crippen molar-refractivity contribution in [1.29, 1.82) is 0 Å². The molecule has 2 atom stereocenters. The van der Waals surface area contributed by atoms with E-state index in [2.05, 4.69) is 5.32 Å². The minimum absolute atomic E-state index is 0.0246. The number of nitro benzene ring substituents is 1. The third-order valence-corrected chi connectivity index (χ3v) is 5.67. The molecular formula is C25H21N3O5. The van der Waals surface area contributed by atoms with Gasteiger partial charge in [0.2, 0.25) is 5.91 Å². The lowest BCUT2D eigenvalue weighted by molar-refractivity contribution is -0.384. The van der Waals surface area contributed by atoms with Gasteiger partial charge in [0.15, 0.2) is 0 Å². The molecule has 166 valence electrons. The van der Waals surface area contributed by atoms with E-state index in [9.17, 15) is 24.5 Å². The summed E-state index contributed by atoms with van der Waals surface area (Å²) in [4.78, 5) is 51.0. The van der Waals surface area contributed by atoms with Gasteiger partial charge in [-0.15, -0.1) is 0 Å². The molecule has 8 heteroatoms. The van der Waals surface area contributed by atoms with Crippen LogP contribution in [0.15, 0.2) is 78.9 Å². The Morgan fingerprint density at radius 1 is 0.909 bits per heavy atom. The zero-order valence-electron chi connectivity index (χ0n) is 17.8. The lowest BCUT2D eigenvalue weighted by Gasteiger charge is -2.27. The number of nitro groups is 1. The van der Waals surface area contributed by atoms with Crippen molar-refractivity contribution >= 4 is 23.4 Å². The fourth-order valence-electron chi connectivity index (χ4n) is 3.90. The summed E-state index contributed by atoms with van der Waals surface area (Å²) < 4.78 is 0. The van der Waals surface area contributed by atoms with Gasteiger partial charge in [-0.3, -0.25) is 29.4 Å². The van der Waals surface area contributed by atoms with Crippen LogP contribution in [0.2, 0.25) is 0 Å². The normalized spacial score (nSPS) is 14.5. The highest BCUT2D eigenvalue weighted by Gasteiger charge is 2.42. The highest BCUT2D eigenvalue weighted by atomic mass is 16.6. The summed E-state index contributed by atoms with van der Waals surface area (Å²) in [5.41, 5.74) is 1.88.